The predicted molar refractivity (Wildman–Crippen MR) is 76.5 cm³/mol. The van der Waals surface area contributed by atoms with Crippen molar-refractivity contribution in [3.05, 3.63) is 35.9 Å². The number of amides is 1. The number of rotatable bonds is 2. The third-order valence-corrected chi connectivity index (χ3v) is 4.38. The Morgan fingerprint density at radius 2 is 1.83 bits per heavy atom. The van der Waals surface area contributed by atoms with Gasteiger partial charge in [-0.3, -0.25) is 4.79 Å². The van der Waals surface area contributed by atoms with Crippen molar-refractivity contribution in [3.63, 3.8) is 0 Å². The molecule has 18 heavy (non-hydrogen) atoms. The number of carbonyl (C=O) groups is 1. The van der Waals surface area contributed by atoms with E-state index in [4.69, 9.17) is 5.73 Å². The van der Waals surface area contributed by atoms with Gasteiger partial charge in [0.05, 0.1) is 0 Å². The lowest BCUT2D eigenvalue weighted by molar-refractivity contribution is -0.132. The molecule has 0 radical (unpaired) electrons. The summed E-state index contributed by atoms with van der Waals surface area (Å²) >= 11 is 1.94. The summed E-state index contributed by atoms with van der Waals surface area (Å²) in [6.07, 6.45) is 0. The quantitative estimate of drug-likeness (QED) is 0.889. The zero-order valence-corrected chi connectivity index (χ0v) is 11.7. The molecule has 1 fully saturated rings. The van der Waals surface area contributed by atoms with Gasteiger partial charge in [0, 0.05) is 23.6 Å². The summed E-state index contributed by atoms with van der Waals surface area (Å²) in [5.74, 6) is 0.0419. The molecule has 98 valence electrons. The fourth-order valence-corrected chi connectivity index (χ4v) is 3.68. The molecule has 3 nitrogen and oxygen atoms in total. The molecule has 1 heterocycles. The lowest BCUT2D eigenvalue weighted by Gasteiger charge is -2.36. The van der Waals surface area contributed by atoms with Crippen molar-refractivity contribution in [1.29, 1.82) is 0 Å². The number of benzene rings is 1. The second-order valence-corrected chi connectivity index (χ2v) is 6.77. The van der Waals surface area contributed by atoms with Gasteiger partial charge in [0.15, 0.2) is 0 Å². The van der Waals surface area contributed by atoms with Crippen molar-refractivity contribution < 1.29 is 4.79 Å². The molecule has 1 aromatic rings. The number of nitrogens with two attached hydrogens (primary N) is 1. The topological polar surface area (TPSA) is 46.3 Å². The largest absolute Gasteiger partial charge is 0.339 e. The summed E-state index contributed by atoms with van der Waals surface area (Å²) in [5.41, 5.74) is 6.95. The molecular weight excluding hydrogens is 244 g/mol. The van der Waals surface area contributed by atoms with Crippen LogP contribution in [0, 0.1) is 0 Å². The van der Waals surface area contributed by atoms with Gasteiger partial charge in [-0.05, 0) is 5.56 Å². The molecule has 1 aromatic carbocycles. The van der Waals surface area contributed by atoms with E-state index in [1.807, 2.05) is 47.0 Å². The molecule has 2 unspecified atom stereocenters. The minimum atomic E-state index is -0.534. The number of hydrogen-bond donors (Lipinski definition) is 1. The van der Waals surface area contributed by atoms with Crippen LogP contribution in [0.15, 0.2) is 30.3 Å². The molecule has 0 aromatic heterocycles. The van der Waals surface area contributed by atoms with Crippen LogP contribution >= 0.6 is 11.8 Å². The summed E-state index contributed by atoms with van der Waals surface area (Å²) in [4.78, 5) is 14.3. The van der Waals surface area contributed by atoms with Crippen LogP contribution in [0.25, 0.3) is 0 Å². The maximum absolute atomic E-state index is 12.4. The molecule has 1 aliphatic rings. The molecule has 1 aliphatic heterocycles. The molecule has 3 atom stereocenters. The average molecular weight is 264 g/mol. The third kappa shape index (κ3) is 3.06. The Morgan fingerprint density at radius 1 is 1.28 bits per heavy atom. The molecule has 2 rings (SSSR count). The van der Waals surface area contributed by atoms with E-state index in [-0.39, 0.29) is 5.91 Å². The van der Waals surface area contributed by atoms with Crippen molar-refractivity contribution >= 4 is 17.7 Å². The van der Waals surface area contributed by atoms with Crippen LogP contribution in [0.4, 0.5) is 0 Å². The summed E-state index contributed by atoms with van der Waals surface area (Å²) in [6.45, 7) is 5.92. The van der Waals surface area contributed by atoms with Gasteiger partial charge in [-0.25, -0.2) is 0 Å². The SMILES string of the molecule is CC1CN(C(=O)[C@H](N)c2ccccc2)CC(C)S1. The van der Waals surface area contributed by atoms with Crippen LogP contribution in [0.1, 0.15) is 25.5 Å². The van der Waals surface area contributed by atoms with E-state index in [9.17, 15) is 4.79 Å². The van der Waals surface area contributed by atoms with Crippen LogP contribution in [0.3, 0.4) is 0 Å². The molecule has 2 N–H and O–H groups in total. The zero-order chi connectivity index (χ0) is 13.1. The lowest BCUT2D eigenvalue weighted by atomic mass is 10.1. The highest BCUT2D eigenvalue weighted by Gasteiger charge is 2.29. The van der Waals surface area contributed by atoms with Gasteiger partial charge in [0.1, 0.15) is 6.04 Å². The Kier molecular flexibility index (Phi) is 4.30. The molecule has 1 saturated heterocycles. The van der Waals surface area contributed by atoms with Gasteiger partial charge >= 0.3 is 0 Å². The average Bonchev–Trinajstić information content (AvgIpc) is 2.37. The minimum Gasteiger partial charge on any atom is -0.339 e. The molecule has 0 spiro atoms. The van der Waals surface area contributed by atoms with Gasteiger partial charge in [0.25, 0.3) is 0 Å². The van der Waals surface area contributed by atoms with E-state index in [1.54, 1.807) is 0 Å². The first-order valence-electron chi connectivity index (χ1n) is 6.32. The van der Waals surface area contributed by atoms with E-state index < -0.39 is 6.04 Å². The van der Waals surface area contributed by atoms with E-state index in [2.05, 4.69) is 13.8 Å². The first-order chi connectivity index (χ1) is 8.58. The standard InChI is InChI=1S/C14H20N2OS/c1-10-8-16(9-11(2)18-10)14(17)13(15)12-6-4-3-5-7-12/h3-7,10-11,13H,8-9,15H2,1-2H3/t10?,11?,13-/m1/s1. The van der Waals surface area contributed by atoms with E-state index in [0.29, 0.717) is 10.5 Å². The van der Waals surface area contributed by atoms with Crippen LogP contribution < -0.4 is 5.73 Å². The Balaban J connectivity index is 2.07. The highest BCUT2D eigenvalue weighted by molar-refractivity contribution is 8.00. The smallest absolute Gasteiger partial charge is 0.244 e. The van der Waals surface area contributed by atoms with Crippen LogP contribution in [-0.4, -0.2) is 34.4 Å². The fourth-order valence-electron chi connectivity index (χ4n) is 2.36. The van der Waals surface area contributed by atoms with Gasteiger partial charge in [-0.1, -0.05) is 44.2 Å². The number of thioether (sulfide) groups is 1. The van der Waals surface area contributed by atoms with Crippen molar-refractivity contribution in [3.8, 4) is 0 Å². The van der Waals surface area contributed by atoms with Crippen LogP contribution in [0.2, 0.25) is 0 Å². The van der Waals surface area contributed by atoms with Crippen molar-refractivity contribution in [1.82, 2.24) is 4.90 Å². The number of carbonyl (C=O) groups excluding carboxylic acids is 1. The summed E-state index contributed by atoms with van der Waals surface area (Å²) in [5, 5.41) is 0.973. The van der Waals surface area contributed by atoms with Gasteiger partial charge < -0.3 is 10.6 Å². The Hall–Kier alpha value is -1.00. The highest BCUT2D eigenvalue weighted by atomic mass is 32.2. The highest BCUT2D eigenvalue weighted by Crippen LogP contribution is 2.26. The molecule has 4 heteroatoms. The maximum Gasteiger partial charge on any atom is 0.244 e. The Morgan fingerprint density at radius 3 is 2.39 bits per heavy atom. The minimum absolute atomic E-state index is 0.0419. The molecule has 0 saturated carbocycles. The third-order valence-electron chi connectivity index (χ3n) is 3.16. The van der Waals surface area contributed by atoms with Crippen molar-refractivity contribution in [2.75, 3.05) is 13.1 Å². The molecular formula is C14H20N2OS. The predicted octanol–water partition coefficient (Wildman–Crippen LogP) is 2.04. The number of nitrogens with zero attached hydrogens (tertiary/aromatic N) is 1. The van der Waals surface area contributed by atoms with Gasteiger partial charge in [-0.15, -0.1) is 0 Å². The lowest BCUT2D eigenvalue weighted by Crippen LogP contribution is -2.47. The first kappa shape index (κ1) is 13.4. The van der Waals surface area contributed by atoms with Crippen LogP contribution in [0.5, 0.6) is 0 Å². The van der Waals surface area contributed by atoms with Crippen LogP contribution in [-0.2, 0) is 4.79 Å². The molecule has 0 bridgehead atoms. The summed E-state index contributed by atoms with van der Waals surface area (Å²) in [6, 6.07) is 9.05. The Labute approximate surface area is 113 Å². The van der Waals surface area contributed by atoms with Gasteiger partial charge in [0.2, 0.25) is 5.91 Å². The normalized spacial score (nSPS) is 25.8. The van der Waals surface area contributed by atoms with Crippen molar-refractivity contribution in [2.45, 2.75) is 30.4 Å². The second-order valence-electron chi connectivity index (χ2n) is 4.89. The number of hydrogen-bond acceptors (Lipinski definition) is 3. The zero-order valence-electron chi connectivity index (χ0n) is 10.9. The fraction of sp³-hybridized carbons (Fsp3) is 0.500. The van der Waals surface area contributed by atoms with Gasteiger partial charge in [-0.2, -0.15) is 11.8 Å². The Bertz CT molecular complexity index is 400. The first-order valence-corrected chi connectivity index (χ1v) is 7.27. The second kappa shape index (κ2) is 5.76. The van der Waals surface area contributed by atoms with E-state index in [0.717, 1.165) is 18.7 Å². The monoisotopic (exact) mass is 264 g/mol. The van der Waals surface area contributed by atoms with Crippen molar-refractivity contribution in [2.24, 2.45) is 5.73 Å². The van der Waals surface area contributed by atoms with E-state index >= 15 is 0 Å². The molecule has 0 aliphatic carbocycles. The molecule has 1 amide bonds. The summed E-state index contributed by atoms with van der Waals surface area (Å²) < 4.78 is 0. The maximum atomic E-state index is 12.4. The summed E-state index contributed by atoms with van der Waals surface area (Å²) in [7, 11) is 0. The van der Waals surface area contributed by atoms with E-state index in [1.165, 1.54) is 0 Å².